The van der Waals surface area contributed by atoms with E-state index in [4.69, 9.17) is 14.2 Å². The van der Waals surface area contributed by atoms with Gasteiger partial charge >= 0.3 is 5.97 Å². The Bertz CT molecular complexity index is 848. The first-order valence-corrected chi connectivity index (χ1v) is 9.01. The van der Waals surface area contributed by atoms with Crippen LogP contribution in [-0.2, 0) is 16.1 Å². The van der Waals surface area contributed by atoms with Crippen LogP contribution in [0, 0.1) is 0 Å². The van der Waals surface area contributed by atoms with Crippen molar-refractivity contribution in [3.63, 3.8) is 0 Å². The SMILES string of the molecule is CN(Cc1ccc2c(c1)OCCO2)C(=O)COC(=O)c1ccc(N(C)C)cc1. The first kappa shape index (κ1) is 19.5. The molecule has 2 aromatic rings. The van der Waals surface area contributed by atoms with Crippen LogP contribution in [0.15, 0.2) is 42.5 Å². The minimum atomic E-state index is -0.522. The van der Waals surface area contributed by atoms with Gasteiger partial charge in [0.05, 0.1) is 5.56 Å². The lowest BCUT2D eigenvalue weighted by Crippen LogP contribution is -2.30. The van der Waals surface area contributed by atoms with Crippen molar-refractivity contribution < 1.29 is 23.8 Å². The molecule has 7 nitrogen and oxygen atoms in total. The molecule has 0 saturated carbocycles. The molecule has 0 N–H and O–H groups in total. The maximum atomic E-state index is 12.3. The second-order valence-electron chi connectivity index (χ2n) is 6.75. The molecule has 0 saturated heterocycles. The van der Waals surface area contributed by atoms with Crippen molar-refractivity contribution in [2.75, 3.05) is 45.9 Å². The fourth-order valence-electron chi connectivity index (χ4n) is 2.76. The third-order valence-electron chi connectivity index (χ3n) is 4.40. The van der Waals surface area contributed by atoms with E-state index >= 15 is 0 Å². The summed E-state index contributed by atoms with van der Waals surface area (Å²) < 4.78 is 16.2. The summed E-state index contributed by atoms with van der Waals surface area (Å²) >= 11 is 0. The van der Waals surface area contributed by atoms with Crippen LogP contribution in [0.5, 0.6) is 11.5 Å². The van der Waals surface area contributed by atoms with E-state index in [0.29, 0.717) is 36.8 Å². The average Bonchev–Trinajstić information content (AvgIpc) is 2.71. The summed E-state index contributed by atoms with van der Waals surface area (Å²) in [6, 6.07) is 12.6. The van der Waals surface area contributed by atoms with Gasteiger partial charge in [0, 0.05) is 33.4 Å². The lowest BCUT2D eigenvalue weighted by molar-refractivity contribution is -0.133. The van der Waals surface area contributed by atoms with Crippen molar-refractivity contribution in [3.05, 3.63) is 53.6 Å². The first-order chi connectivity index (χ1) is 13.4. The zero-order valence-corrected chi connectivity index (χ0v) is 16.3. The molecule has 1 aliphatic heterocycles. The molecular weight excluding hydrogens is 360 g/mol. The number of likely N-dealkylation sites (N-methyl/N-ethyl adjacent to an activating group) is 1. The van der Waals surface area contributed by atoms with Crippen molar-refractivity contribution in [1.29, 1.82) is 0 Å². The summed E-state index contributed by atoms with van der Waals surface area (Å²) in [7, 11) is 5.51. The number of esters is 1. The van der Waals surface area contributed by atoms with Gasteiger partial charge < -0.3 is 24.0 Å². The Kier molecular flexibility index (Phi) is 6.03. The predicted octanol–water partition coefficient (Wildman–Crippen LogP) is 2.34. The normalized spacial score (nSPS) is 12.2. The molecular formula is C21H24N2O5. The monoisotopic (exact) mass is 384 g/mol. The predicted molar refractivity (Wildman–Crippen MR) is 105 cm³/mol. The molecule has 0 aromatic heterocycles. The van der Waals surface area contributed by atoms with Crippen LogP contribution in [-0.4, -0.2) is 57.7 Å². The Morgan fingerprint density at radius 1 is 0.964 bits per heavy atom. The Hall–Kier alpha value is -3.22. The Balaban J connectivity index is 1.52. The Morgan fingerprint density at radius 3 is 2.32 bits per heavy atom. The fraction of sp³-hybridized carbons (Fsp3) is 0.333. The van der Waals surface area contributed by atoms with Gasteiger partial charge in [-0.25, -0.2) is 4.79 Å². The quantitative estimate of drug-likeness (QED) is 0.712. The van der Waals surface area contributed by atoms with Crippen LogP contribution in [0.4, 0.5) is 5.69 Å². The van der Waals surface area contributed by atoms with Crippen molar-refractivity contribution >= 4 is 17.6 Å². The molecule has 0 unspecified atom stereocenters. The highest BCUT2D eigenvalue weighted by Gasteiger charge is 2.16. The standard InChI is InChI=1S/C21H24N2O5/c1-22(2)17-7-5-16(6-8-17)21(25)28-14-20(24)23(3)13-15-4-9-18-19(12-15)27-11-10-26-18/h4-9,12H,10-11,13-14H2,1-3H3. The van der Waals surface area contributed by atoms with Crippen molar-refractivity contribution in [3.8, 4) is 11.5 Å². The van der Waals surface area contributed by atoms with Crippen LogP contribution in [0.25, 0.3) is 0 Å². The summed E-state index contributed by atoms with van der Waals surface area (Å²) in [6.45, 7) is 1.12. The number of carbonyl (C=O) groups excluding carboxylic acids is 2. The second kappa shape index (κ2) is 8.65. The maximum absolute atomic E-state index is 12.3. The molecule has 0 radical (unpaired) electrons. The molecule has 7 heteroatoms. The maximum Gasteiger partial charge on any atom is 0.338 e. The minimum absolute atomic E-state index is 0.284. The van der Waals surface area contributed by atoms with E-state index in [-0.39, 0.29) is 12.5 Å². The van der Waals surface area contributed by atoms with Crippen molar-refractivity contribution in [2.45, 2.75) is 6.54 Å². The molecule has 0 atom stereocenters. The number of benzene rings is 2. The highest BCUT2D eigenvalue weighted by Crippen LogP contribution is 2.31. The number of anilines is 1. The zero-order chi connectivity index (χ0) is 20.1. The van der Waals surface area contributed by atoms with Crippen molar-refractivity contribution in [1.82, 2.24) is 4.90 Å². The number of carbonyl (C=O) groups is 2. The van der Waals surface area contributed by atoms with Gasteiger partial charge in [-0.2, -0.15) is 0 Å². The summed E-state index contributed by atoms with van der Waals surface area (Å²) in [4.78, 5) is 27.9. The van der Waals surface area contributed by atoms with Gasteiger partial charge in [0.1, 0.15) is 13.2 Å². The van der Waals surface area contributed by atoms with Crippen molar-refractivity contribution in [2.24, 2.45) is 0 Å². The topological polar surface area (TPSA) is 68.3 Å². The van der Waals surface area contributed by atoms with Crippen LogP contribution in [0.3, 0.4) is 0 Å². The third-order valence-corrected chi connectivity index (χ3v) is 4.40. The summed E-state index contributed by atoms with van der Waals surface area (Å²) in [6.07, 6.45) is 0. The lowest BCUT2D eigenvalue weighted by Gasteiger charge is -2.21. The van der Waals surface area contributed by atoms with Gasteiger partial charge in [0.2, 0.25) is 0 Å². The molecule has 148 valence electrons. The average molecular weight is 384 g/mol. The number of hydrogen-bond donors (Lipinski definition) is 0. The fourth-order valence-corrected chi connectivity index (χ4v) is 2.76. The van der Waals surface area contributed by atoms with Gasteiger partial charge in [0.25, 0.3) is 5.91 Å². The molecule has 0 spiro atoms. The first-order valence-electron chi connectivity index (χ1n) is 9.01. The van der Waals surface area contributed by atoms with Crippen LogP contribution < -0.4 is 14.4 Å². The van der Waals surface area contributed by atoms with Gasteiger partial charge in [-0.3, -0.25) is 4.79 Å². The van der Waals surface area contributed by atoms with Gasteiger partial charge in [-0.15, -0.1) is 0 Å². The third kappa shape index (κ3) is 4.73. The number of rotatable bonds is 6. The van der Waals surface area contributed by atoms with Gasteiger partial charge in [-0.05, 0) is 42.0 Å². The van der Waals surface area contributed by atoms with Crippen LogP contribution >= 0.6 is 0 Å². The summed E-state index contributed by atoms with van der Waals surface area (Å²) in [5.41, 5.74) is 2.30. The lowest BCUT2D eigenvalue weighted by atomic mass is 10.2. The van der Waals surface area contributed by atoms with Gasteiger partial charge in [-0.1, -0.05) is 6.07 Å². The van der Waals surface area contributed by atoms with Gasteiger partial charge in [0.15, 0.2) is 18.1 Å². The zero-order valence-electron chi connectivity index (χ0n) is 16.3. The molecule has 0 bridgehead atoms. The van der Waals surface area contributed by atoms with E-state index in [0.717, 1.165) is 11.3 Å². The molecule has 0 fully saturated rings. The number of hydrogen-bond acceptors (Lipinski definition) is 6. The van der Waals surface area contributed by atoms with E-state index in [9.17, 15) is 9.59 Å². The number of nitrogens with zero attached hydrogens (tertiary/aromatic N) is 2. The molecule has 28 heavy (non-hydrogen) atoms. The molecule has 2 aromatic carbocycles. The minimum Gasteiger partial charge on any atom is -0.486 e. The van der Waals surface area contributed by atoms with Crippen LogP contribution in [0.1, 0.15) is 15.9 Å². The Labute approximate surface area is 164 Å². The highest BCUT2D eigenvalue weighted by atomic mass is 16.6. The largest absolute Gasteiger partial charge is 0.486 e. The van der Waals surface area contributed by atoms with E-state index < -0.39 is 5.97 Å². The smallest absolute Gasteiger partial charge is 0.338 e. The highest BCUT2D eigenvalue weighted by molar-refractivity contribution is 5.91. The van der Waals surface area contributed by atoms with E-state index in [1.54, 1.807) is 19.2 Å². The number of amides is 1. The molecule has 1 aliphatic rings. The molecule has 1 amide bonds. The molecule has 1 heterocycles. The van der Waals surface area contributed by atoms with E-state index in [2.05, 4.69) is 0 Å². The number of ether oxygens (including phenoxy) is 3. The number of fused-ring (bicyclic) bond motifs is 1. The second-order valence-corrected chi connectivity index (χ2v) is 6.75. The summed E-state index contributed by atoms with van der Waals surface area (Å²) in [5.74, 6) is 0.579. The summed E-state index contributed by atoms with van der Waals surface area (Å²) in [5, 5.41) is 0. The van der Waals surface area contributed by atoms with E-state index in [1.165, 1.54) is 4.90 Å². The van der Waals surface area contributed by atoms with Crippen LogP contribution in [0.2, 0.25) is 0 Å². The van der Waals surface area contributed by atoms with E-state index in [1.807, 2.05) is 49.3 Å². The molecule has 0 aliphatic carbocycles. The Morgan fingerprint density at radius 2 is 1.64 bits per heavy atom. The molecule has 3 rings (SSSR count).